The minimum absolute atomic E-state index is 0.208. The summed E-state index contributed by atoms with van der Waals surface area (Å²) in [6, 6.07) is 4.46. The van der Waals surface area contributed by atoms with E-state index in [9.17, 15) is 9.18 Å². The maximum absolute atomic E-state index is 13.2. The van der Waals surface area contributed by atoms with Gasteiger partial charge in [0.05, 0.1) is 6.04 Å². The minimum atomic E-state index is -0.275. The van der Waals surface area contributed by atoms with Gasteiger partial charge in [-0.05, 0) is 31.0 Å². The Morgan fingerprint density at radius 3 is 2.67 bits per heavy atom. The molecule has 0 aliphatic heterocycles. The highest BCUT2D eigenvalue weighted by molar-refractivity contribution is 5.73. The van der Waals surface area contributed by atoms with Crippen LogP contribution in [0.15, 0.2) is 18.2 Å². The van der Waals surface area contributed by atoms with E-state index in [1.807, 2.05) is 0 Å². The summed E-state index contributed by atoms with van der Waals surface area (Å²) in [6.07, 6.45) is 0. The molecule has 1 aromatic rings. The third-order valence-electron chi connectivity index (χ3n) is 2.27. The fourth-order valence-electron chi connectivity index (χ4n) is 1.23. The SMILES string of the molecule is CNC(=O)NC(C)c1ccc(C)c(F)c1. The summed E-state index contributed by atoms with van der Waals surface area (Å²) >= 11 is 0. The van der Waals surface area contributed by atoms with Gasteiger partial charge in [-0.25, -0.2) is 9.18 Å². The number of halogens is 1. The zero-order valence-electron chi connectivity index (χ0n) is 9.10. The number of hydrogen-bond donors (Lipinski definition) is 2. The van der Waals surface area contributed by atoms with E-state index in [-0.39, 0.29) is 17.9 Å². The van der Waals surface area contributed by atoms with Gasteiger partial charge in [-0.2, -0.15) is 0 Å². The topological polar surface area (TPSA) is 41.1 Å². The smallest absolute Gasteiger partial charge is 0.315 e. The van der Waals surface area contributed by atoms with Crippen molar-refractivity contribution in [1.82, 2.24) is 10.6 Å². The van der Waals surface area contributed by atoms with Crippen LogP contribution >= 0.6 is 0 Å². The number of urea groups is 1. The predicted molar refractivity (Wildman–Crippen MR) is 57.1 cm³/mol. The molecule has 15 heavy (non-hydrogen) atoms. The maximum Gasteiger partial charge on any atom is 0.315 e. The van der Waals surface area contributed by atoms with E-state index in [4.69, 9.17) is 0 Å². The number of nitrogens with one attached hydrogen (secondary N) is 2. The second-order valence-corrected chi connectivity index (χ2v) is 3.45. The second kappa shape index (κ2) is 4.77. The van der Waals surface area contributed by atoms with Crippen LogP contribution in [0, 0.1) is 12.7 Å². The van der Waals surface area contributed by atoms with E-state index in [0.29, 0.717) is 5.56 Å². The highest BCUT2D eigenvalue weighted by Crippen LogP contribution is 2.15. The molecular weight excluding hydrogens is 195 g/mol. The maximum atomic E-state index is 13.2. The van der Waals surface area contributed by atoms with Gasteiger partial charge in [0.15, 0.2) is 0 Å². The number of hydrogen-bond acceptors (Lipinski definition) is 1. The van der Waals surface area contributed by atoms with Crippen LogP contribution in [0.4, 0.5) is 9.18 Å². The first-order valence-corrected chi connectivity index (χ1v) is 4.79. The van der Waals surface area contributed by atoms with Crippen molar-refractivity contribution in [2.75, 3.05) is 7.05 Å². The zero-order chi connectivity index (χ0) is 11.4. The van der Waals surface area contributed by atoms with Crippen LogP contribution in [0.5, 0.6) is 0 Å². The van der Waals surface area contributed by atoms with Crippen molar-refractivity contribution in [3.8, 4) is 0 Å². The molecule has 0 fully saturated rings. The van der Waals surface area contributed by atoms with Crippen LogP contribution in [-0.2, 0) is 0 Å². The van der Waals surface area contributed by atoms with Gasteiger partial charge >= 0.3 is 6.03 Å². The lowest BCUT2D eigenvalue weighted by atomic mass is 10.1. The molecule has 0 radical (unpaired) electrons. The summed E-state index contributed by atoms with van der Waals surface area (Å²) in [7, 11) is 1.54. The molecule has 0 saturated carbocycles. The average Bonchev–Trinajstić information content (AvgIpc) is 2.21. The van der Waals surface area contributed by atoms with Crippen molar-refractivity contribution in [1.29, 1.82) is 0 Å². The van der Waals surface area contributed by atoms with E-state index in [2.05, 4.69) is 10.6 Å². The van der Waals surface area contributed by atoms with Crippen molar-refractivity contribution >= 4 is 6.03 Å². The number of aryl methyl sites for hydroxylation is 1. The van der Waals surface area contributed by atoms with Crippen LogP contribution < -0.4 is 10.6 Å². The normalized spacial score (nSPS) is 12.0. The fraction of sp³-hybridized carbons (Fsp3) is 0.364. The fourth-order valence-corrected chi connectivity index (χ4v) is 1.23. The lowest BCUT2D eigenvalue weighted by molar-refractivity contribution is 0.240. The predicted octanol–water partition coefficient (Wildman–Crippen LogP) is 2.12. The molecule has 0 aliphatic rings. The van der Waals surface area contributed by atoms with Gasteiger partial charge in [0, 0.05) is 7.05 Å². The minimum Gasteiger partial charge on any atom is -0.341 e. The first-order chi connectivity index (χ1) is 7.04. The van der Waals surface area contributed by atoms with Gasteiger partial charge in [0.25, 0.3) is 0 Å². The molecule has 2 amide bonds. The summed E-state index contributed by atoms with van der Waals surface area (Å²) in [5, 5.41) is 5.12. The van der Waals surface area contributed by atoms with E-state index in [0.717, 1.165) is 5.56 Å². The Bertz CT molecular complexity index is 366. The summed E-state index contributed by atoms with van der Waals surface area (Å²) < 4.78 is 13.2. The number of rotatable bonds is 2. The number of carbonyl (C=O) groups is 1. The number of amides is 2. The van der Waals surface area contributed by atoms with Gasteiger partial charge in [-0.15, -0.1) is 0 Å². The van der Waals surface area contributed by atoms with Crippen LogP contribution in [-0.4, -0.2) is 13.1 Å². The van der Waals surface area contributed by atoms with Gasteiger partial charge in [0.1, 0.15) is 5.82 Å². The second-order valence-electron chi connectivity index (χ2n) is 3.45. The lowest BCUT2D eigenvalue weighted by Gasteiger charge is -2.14. The molecule has 1 unspecified atom stereocenters. The zero-order valence-corrected chi connectivity index (χ0v) is 9.10. The molecule has 0 spiro atoms. The van der Waals surface area contributed by atoms with Crippen molar-refractivity contribution in [3.05, 3.63) is 35.1 Å². The Hall–Kier alpha value is -1.58. The molecule has 1 aromatic carbocycles. The van der Waals surface area contributed by atoms with Crippen molar-refractivity contribution < 1.29 is 9.18 Å². The molecule has 82 valence electrons. The van der Waals surface area contributed by atoms with Gasteiger partial charge in [-0.3, -0.25) is 0 Å². The van der Waals surface area contributed by atoms with Crippen molar-refractivity contribution in [2.24, 2.45) is 0 Å². The summed E-state index contributed by atoms with van der Waals surface area (Å²) in [5.41, 5.74) is 1.35. The molecule has 0 aromatic heterocycles. The molecular formula is C11H15FN2O. The molecule has 0 heterocycles. The lowest BCUT2D eigenvalue weighted by Crippen LogP contribution is -2.34. The Morgan fingerprint density at radius 2 is 2.13 bits per heavy atom. The first-order valence-electron chi connectivity index (χ1n) is 4.79. The monoisotopic (exact) mass is 210 g/mol. The summed E-state index contributed by atoms with van der Waals surface area (Å²) in [4.78, 5) is 11.0. The molecule has 1 rings (SSSR count). The molecule has 0 bridgehead atoms. The summed E-state index contributed by atoms with van der Waals surface area (Å²) in [5.74, 6) is -0.252. The largest absolute Gasteiger partial charge is 0.341 e. The van der Waals surface area contributed by atoms with Gasteiger partial charge < -0.3 is 10.6 Å². The third kappa shape index (κ3) is 2.94. The Balaban J connectivity index is 2.78. The Kier molecular flexibility index (Phi) is 3.66. The molecule has 0 aliphatic carbocycles. The third-order valence-corrected chi connectivity index (χ3v) is 2.27. The van der Waals surface area contributed by atoms with Gasteiger partial charge in [-0.1, -0.05) is 12.1 Å². The summed E-state index contributed by atoms with van der Waals surface area (Å²) in [6.45, 7) is 3.51. The number of carbonyl (C=O) groups excluding carboxylic acids is 1. The number of benzene rings is 1. The molecule has 0 saturated heterocycles. The van der Waals surface area contributed by atoms with Crippen LogP contribution in [0.3, 0.4) is 0 Å². The van der Waals surface area contributed by atoms with Crippen LogP contribution in [0.2, 0.25) is 0 Å². The van der Waals surface area contributed by atoms with E-state index in [1.165, 1.54) is 13.1 Å². The molecule has 2 N–H and O–H groups in total. The molecule has 1 atom stereocenters. The van der Waals surface area contributed by atoms with Crippen LogP contribution in [0.1, 0.15) is 24.1 Å². The molecule has 4 heteroatoms. The first kappa shape index (κ1) is 11.5. The quantitative estimate of drug-likeness (QED) is 0.771. The van der Waals surface area contributed by atoms with Gasteiger partial charge in [0.2, 0.25) is 0 Å². The van der Waals surface area contributed by atoms with Crippen LogP contribution in [0.25, 0.3) is 0 Å². The van der Waals surface area contributed by atoms with E-state index in [1.54, 1.807) is 26.0 Å². The standard InChI is InChI=1S/C11H15FN2O/c1-7-4-5-9(6-10(7)12)8(2)14-11(15)13-3/h4-6,8H,1-3H3,(H2,13,14,15). The van der Waals surface area contributed by atoms with Crippen molar-refractivity contribution in [3.63, 3.8) is 0 Å². The van der Waals surface area contributed by atoms with E-state index < -0.39 is 0 Å². The van der Waals surface area contributed by atoms with Crippen molar-refractivity contribution in [2.45, 2.75) is 19.9 Å². The highest BCUT2D eigenvalue weighted by Gasteiger charge is 2.09. The molecule has 3 nitrogen and oxygen atoms in total. The van der Waals surface area contributed by atoms with E-state index >= 15 is 0 Å². The Morgan fingerprint density at radius 1 is 1.47 bits per heavy atom. The highest BCUT2D eigenvalue weighted by atomic mass is 19.1. The average molecular weight is 210 g/mol. The Labute approximate surface area is 88.7 Å².